The molecule has 1 amide bonds. The molecule has 1 saturated carbocycles. The third-order valence-corrected chi connectivity index (χ3v) is 3.64. The van der Waals surface area contributed by atoms with E-state index in [2.05, 4.69) is 5.32 Å². The van der Waals surface area contributed by atoms with Crippen LogP contribution < -0.4 is 11.1 Å². The molecule has 1 fully saturated rings. The minimum Gasteiger partial charge on any atom is -0.354 e. The molecular weight excluding hydrogens is 208 g/mol. The largest absolute Gasteiger partial charge is 0.354 e. The van der Waals surface area contributed by atoms with Crippen LogP contribution in [-0.2, 0) is 4.79 Å². The number of nitrogens with two attached hydrogens (primary N) is 1. The van der Waals surface area contributed by atoms with Crippen LogP contribution in [0, 0.1) is 5.92 Å². The van der Waals surface area contributed by atoms with Crippen LogP contribution in [0.2, 0.25) is 0 Å². The van der Waals surface area contributed by atoms with Gasteiger partial charge in [0.25, 0.3) is 0 Å². The van der Waals surface area contributed by atoms with Crippen molar-refractivity contribution in [3.05, 3.63) is 22.4 Å². The molecule has 0 spiro atoms. The van der Waals surface area contributed by atoms with Gasteiger partial charge in [-0.05, 0) is 23.8 Å². The van der Waals surface area contributed by atoms with Crippen molar-refractivity contribution in [3.8, 4) is 0 Å². The molecule has 3 N–H and O–H groups in total. The summed E-state index contributed by atoms with van der Waals surface area (Å²) in [4.78, 5) is 12.5. The number of hydrogen-bond acceptors (Lipinski definition) is 3. The Kier molecular flexibility index (Phi) is 3.38. The fourth-order valence-electron chi connectivity index (χ4n) is 1.51. The predicted molar refractivity (Wildman–Crippen MR) is 61.6 cm³/mol. The van der Waals surface area contributed by atoms with Gasteiger partial charge >= 0.3 is 0 Å². The van der Waals surface area contributed by atoms with Crippen molar-refractivity contribution in [1.82, 2.24) is 5.32 Å². The summed E-state index contributed by atoms with van der Waals surface area (Å²) in [6.45, 7) is 0.766. The molecule has 15 heavy (non-hydrogen) atoms. The standard InChI is InChI=1S/C11H16N2OS/c12-10(9-2-1-7-15-9)11(14)13-6-5-8-3-4-8/h1-2,7-8,10H,3-6,12H2,(H,13,14). The summed E-state index contributed by atoms with van der Waals surface area (Å²) < 4.78 is 0. The summed E-state index contributed by atoms with van der Waals surface area (Å²) in [6, 6.07) is 3.32. The molecule has 0 aromatic carbocycles. The fraction of sp³-hybridized carbons (Fsp3) is 0.545. The number of thiophene rings is 1. The Morgan fingerprint density at radius 2 is 2.47 bits per heavy atom. The van der Waals surface area contributed by atoms with Crippen molar-refractivity contribution in [3.63, 3.8) is 0 Å². The quantitative estimate of drug-likeness (QED) is 0.799. The van der Waals surface area contributed by atoms with Gasteiger partial charge in [-0.1, -0.05) is 18.9 Å². The Hall–Kier alpha value is -0.870. The Bertz CT molecular complexity index is 319. The lowest BCUT2D eigenvalue weighted by Crippen LogP contribution is -2.34. The SMILES string of the molecule is NC(C(=O)NCCC1CC1)c1cccs1. The van der Waals surface area contributed by atoms with Gasteiger partial charge in [0.15, 0.2) is 0 Å². The summed E-state index contributed by atoms with van der Waals surface area (Å²) in [5.41, 5.74) is 5.81. The zero-order valence-corrected chi connectivity index (χ0v) is 9.43. The molecule has 0 saturated heterocycles. The summed E-state index contributed by atoms with van der Waals surface area (Å²) in [5, 5.41) is 4.82. The van der Waals surface area contributed by atoms with Crippen molar-refractivity contribution >= 4 is 17.2 Å². The number of rotatable bonds is 5. The first-order valence-electron chi connectivity index (χ1n) is 5.34. The maximum Gasteiger partial charge on any atom is 0.242 e. The fourth-order valence-corrected chi connectivity index (χ4v) is 2.24. The van der Waals surface area contributed by atoms with Crippen LogP contribution in [0.15, 0.2) is 17.5 Å². The maximum atomic E-state index is 11.6. The second kappa shape index (κ2) is 4.77. The number of amides is 1. The van der Waals surface area contributed by atoms with Crippen LogP contribution in [0.25, 0.3) is 0 Å². The molecule has 1 aliphatic carbocycles. The third kappa shape index (κ3) is 3.04. The van der Waals surface area contributed by atoms with Gasteiger partial charge in [0.05, 0.1) is 0 Å². The highest BCUT2D eigenvalue weighted by atomic mass is 32.1. The summed E-state index contributed by atoms with van der Waals surface area (Å²) >= 11 is 1.53. The van der Waals surface area contributed by atoms with Crippen LogP contribution in [0.3, 0.4) is 0 Å². The van der Waals surface area contributed by atoms with E-state index in [4.69, 9.17) is 5.73 Å². The molecule has 0 aliphatic heterocycles. The summed E-state index contributed by atoms with van der Waals surface area (Å²) in [7, 11) is 0. The Morgan fingerprint density at radius 1 is 1.67 bits per heavy atom. The van der Waals surface area contributed by atoms with E-state index in [0.717, 1.165) is 23.8 Å². The van der Waals surface area contributed by atoms with E-state index in [-0.39, 0.29) is 5.91 Å². The highest BCUT2D eigenvalue weighted by Gasteiger charge is 2.21. The van der Waals surface area contributed by atoms with E-state index in [1.54, 1.807) is 0 Å². The van der Waals surface area contributed by atoms with Gasteiger partial charge in [-0.15, -0.1) is 11.3 Å². The minimum atomic E-state index is -0.496. The van der Waals surface area contributed by atoms with Crippen LogP contribution >= 0.6 is 11.3 Å². The second-order valence-corrected chi connectivity index (χ2v) is 5.00. The molecule has 4 heteroatoms. The smallest absolute Gasteiger partial charge is 0.242 e. The van der Waals surface area contributed by atoms with E-state index in [9.17, 15) is 4.79 Å². The van der Waals surface area contributed by atoms with Gasteiger partial charge in [0, 0.05) is 11.4 Å². The van der Waals surface area contributed by atoms with Gasteiger partial charge in [-0.25, -0.2) is 0 Å². The number of nitrogens with one attached hydrogen (secondary N) is 1. The normalized spacial score (nSPS) is 17.4. The van der Waals surface area contributed by atoms with Crippen molar-refractivity contribution < 1.29 is 4.79 Å². The zero-order chi connectivity index (χ0) is 10.7. The highest BCUT2D eigenvalue weighted by Crippen LogP contribution is 2.31. The highest BCUT2D eigenvalue weighted by molar-refractivity contribution is 7.10. The summed E-state index contributed by atoms with van der Waals surface area (Å²) in [6.07, 6.45) is 3.75. The number of carbonyl (C=O) groups excluding carboxylic acids is 1. The lowest BCUT2D eigenvalue weighted by atomic mass is 10.2. The average Bonchev–Trinajstić information content (AvgIpc) is 2.90. The van der Waals surface area contributed by atoms with Crippen molar-refractivity contribution in [2.75, 3.05) is 6.54 Å². The van der Waals surface area contributed by atoms with Gasteiger partial charge in [-0.2, -0.15) is 0 Å². The van der Waals surface area contributed by atoms with Crippen LogP contribution in [0.1, 0.15) is 30.2 Å². The predicted octanol–water partition coefficient (Wildman–Crippen LogP) is 1.66. The molecule has 1 heterocycles. The maximum absolute atomic E-state index is 11.6. The first kappa shape index (κ1) is 10.6. The monoisotopic (exact) mass is 224 g/mol. The van der Waals surface area contributed by atoms with E-state index >= 15 is 0 Å². The van der Waals surface area contributed by atoms with Crippen molar-refractivity contribution in [2.24, 2.45) is 11.7 Å². The molecule has 1 aromatic rings. The Labute approximate surface area is 93.7 Å². The van der Waals surface area contributed by atoms with E-state index in [1.165, 1.54) is 24.2 Å². The van der Waals surface area contributed by atoms with E-state index < -0.39 is 6.04 Å². The van der Waals surface area contributed by atoms with Gasteiger partial charge < -0.3 is 11.1 Å². The molecule has 82 valence electrons. The average molecular weight is 224 g/mol. The van der Waals surface area contributed by atoms with Crippen LogP contribution in [-0.4, -0.2) is 12.5 Å². The van der Waals surface area contributed by atoms with Crippen molar-refractivity contribution in [2.45, 2.75) is 25.3 Å². The van der Waals surface area contributed by atoms with E-state index in [0.29, 0.717) is 0 Å². The van der Waals surface area contributed by atoms with Crippen LogP contribution in [0.4, 0.5) is 0 Å². The molecule has 0 radical (unpaired) electrons. The molecule has 1 aromatic heterocycles. The van der Waals surface area contributed by atoms with Crippen molar-refractivity contribution in [1.29, 1.82) is 0 Å². The first-order chi connectivity index (χ1) is 7.27. The molecule has 1 aliphatic rings. The second-order valence-electron chi connectivity index (χ2n) is 4.02. The Balaban J connectivity index is 1.74. The Morgan fingerprint density at radius 3 is 3.07 bits per heavy atom. The molecule has 3 nitrogen and oxygen atoms in total. The summed E-state index contributed by atoms with van der Waals surface area (Å²) in [5.74, 6) is 0.793. The van der Waals surface area contributed by atoms with Gasteiger partial charge in [0.2, 0.25) is 5.91 Å². The molecular formula is C11H16N2OS. The lowest BCUT2D eigenvalue weighted by molar-refractivity contribution is -0.122. The third-order valence-electron chi connectivity index (χ3n) is 2.68. The minimum absolute atomic E-state index is 0.0573. The number of carbonyl (C=O) groups is 1. The molecule has 0 bridgehead atoms. The topological polar surface area (TPSA) is 55.1 Å². The van der Waals surface area contributed by atoms with E-state index in [1.807, 2.05) is 17.5 Å². The lowest BCUT2D eigenvalue weighted by Gasteiger charge is -2.10. The van der Waals surface area contributed by atoms with Gasteiger partial charge in [-0.3, -0.25) is 4.79 Å². The number of hydrogen-bond donors (Lipinski definition) is 2. The zero-order valence-electron chi connectivity index (χ0n) is 8.61. The van der Waals surface area contributed by atoms with Crippen LogP contribution in [0.5, 0.6) is 0 Å². The molecule has 1 atom stereocenters. The first-order valence-corrected chi connectivity index (χ1v) is 6.22. The molecule has 2 rings (SSSR count). The van der Waals surface area contributed by atoms with Gasteiger partial charge in [0.1, 0.15) is 6.04 Å². The molecule has 1 unspecified atom stereocenters.